The lowest BCUT2D eigenvalue weighted by atomic mass is 9.96. The third-order valence-corrected chi connectivity index (χ3v) is 4.85. The van der Waals surface area contributed by atoms with Crippen molar-refractivity contribution in [3.8, 4) is 0 Å². The standard InChI is InChI=1S/C19H18FN5O3/c20-14-3-1-13(2-4-14)10-23-17(26)15-9-19(28-24-15)5-8-25(12-19)18(27)16-11-21-6-7-22-16/h1-4,6-7,11H,5,8-10,12H2,(H,23,26). The molecule has 1 aromatic carbocycles. The van der Waals surface area contributed by atoms with Crippen molar-refractivity contribution in [2.24, 2.45) is 5.16 Å². The number of benzene rings is 1. The van der Waals surface area contributed by atoms with Crippen LogP contribution in [0, 0.1) is 5.82 Å². The second kappa shape index (κ2) is 7.34. The summed E-state index contributed by atoms with van der Waals surface area (Å²) in [7, 11) is 0. The van der Waals surface area contributed by atoms with E-state index >= 15 is 0 Å². The van der Waals surface area contributed by atoms with Gasteiger partial charge in [-0.2, -0.15) is 0 Å². The molecule has 9 heteroatoms. The Kier molecular flexibility index (Phi) is 4.72. The van der Waals surface area contributed by atoms with Crippen LogP contribution in [0.15, 0.2) is 48.0 Å². The van der Waals surface area contributed by atoms with Crippen molar-refractivity contribution in [3.63, 3.8) is 0 Å². The molecule has 1 aromatic heterocycles. The molecule has 1 saturated heterocycles. The molecule has 1 fully saturated rings. The van der Waals surface area contributed by atoms with Crippen LogP contribution in [0.5, 0.6) is 0 Å². The number of amides is 2. The van der Waals surface area contributed by atoms with E-state index in [1.807, 2.05) is 0 Å². The van der Waals surface area contributed by atoms with Gasteiger partial charge in [0.2, 0.25) is 0 Å². The predicted molar refractivity (Wildman–Crippen MR) is 96.7 cm³/mol. The summed E-state index contributed by atoms with van der Waals surface area (Å²) in [5, 5.41) is 6.70. The number of halogens is 1. The van der Waals surface area contributed by atoms with Crippen LogP contribution < -0.4 is 5.32 Å². The Morgan fingerprint density at radius 3 is 2.82 bits per heavy atom. The van der Waals surface area contributed by atoms with Gasteiger partial charge in [0, 0.05) is 38.3 Å². The van der Waals surface area contributed by atoms with Crippen LogP contribution in [-0.2, 0) is 16.2 Å². The van der Waals surface area contributed by atoms with Gasteiger partial charge in [0.25, 0.3) is 11.8 Å². The lowest BCUT2D eigenvalue weighted by molar-refractivity contribution is -0.115. The Morgan fingerprint density at radius 1 is 1.25 bits per heavy atom. The minimum Gasteiger partial charge on any atom is -0.386 e. The van der Waals surface area contributed by atoms with Gasteiger partial charge in [-0.3, -0.25) is 14.6 Å². The molecule has 8 nitrogen and oxygen atoms in total. The molecule has 2 aliphatic rings. The SMILES string of the molecule is O=C(NCc1ccc(F)cc1)C1=NOC2(CCN(C(=O)c3cnccn3)C2)C1. The van der Waals surface area contributed by atoms with Crippen LogP contribution in [0.1, 0.15) is 28.9 Å². The van der Waals surface area contributed by atoms with Crippen LogP contribution in [0.25, 0.3) is 0 Å². The fourth-order valence-electron chi connectivity index (χ4n) is 3.34. The quantitative estimate of drug-likeness (QED) is 0.858. The van der Waals surface area contributed by atoms with E-state index < -0.39 is 5.60 Å². The highest BCUT2D eigenvalue weighted by atomic mass is 19.1. The summed E-state index contributed by atoms with van der Waals surface area (Å²) in [6, 6.07) is 5.90. The van der Waals surface area contributed by atoms with Gasteiger partial charge in [-0.1, -0.05) is 17.3 Å². The second-order valence-corrected chi connectivity index (χ2v) is 6.87. The molecule has 0 saturated carbocycles. The van der Waals surface area contributed by atoms with Crippen molar-refractivity contribution in [1.29, 1.82) is 0 Å². The molecule has 144 valence electrons. The lowest BCUT2D eigenvalue weighted by Gasteiger charge is -2.21. The lowest BCUT2D eigenvalue weighted by Crippen LogP contribution is -2.38. The number of carbonyl (C=O) groups excluding carboxylic acids is 2. The third-order valence-electron chi connectivity index (χ3n) is 4.85. The van der Waals surface area contributed by atoms with E-state index in [9.17, 15) is 14.0 Å². The first kappa shape index (κ1) is 18.0. The first-order valence-corrected chi connectivity index (χ1v) is 8.88. The maximum atomic E-state index is 12.9. The second-order valence-electron chi connectivity index (χ2n) is 6.87. The molecule has 3 heterocycles. The molecule has 1 N–H and O–H groups in total. The monoisotopic (exact) mass is 383 g/mol. The highest BCUT2D eigenvalue weighted by Crippen LogP contribution is 2.34. The molecule has 4 rings (SSSR count). The molecule has 0 bridgehead atoms. The van der Waals surface area contributed by atoms with E-state index in [0.717, 1.165) is 5.56 Å². The number of nitrogens with zero attached hydrogens (tertiary/aromatic N) is 4. The van der Waals surface area contributed by atoms with E-state index in [4.69, 9.17) is 4.84 Å². The van der Waals surface area contributed by atoms with Crippen LogP contribution in [-0.4, -0.2) is 51.1 Å². The van der Waals surface area contributed by atoms with Gasteiger partial charge in [-0.15, -0.1) is 0 Å². The van der Waals surface area contributed by atoms with E-state index in [0.29, 0.717) is 25.9 Å². The first-order chi connectivity index (χ1) is 13.5. The Hall–Kier alpha value is -3.36. The largest absolute Gasteiger partial charge is 0.386 e. The van der Waals surface area contributed by atoms with Crippen molar-refractivity contribution in [1.82, 2.24) is 20.2 Å². The first-order valence-electron chi connectivity index (χ1n) is 8.88. The van der Waals surface area contributed by atoms with Crippen molar-refractivity contribution in [2.45, 2.75) is 25.0 Å². The van der Waals surface area contributed by atoms with Crippen LogP contribution in [0.3, 0.4) is 0 Å². The molecule has 2 amide bonds. The van der Waals surface area contributed by atoms with Gasteiger partial charge in [0.1, 0.15) is 17.2 Å². The minimum absolute atomic E-state index is 0.220. The molecule has 2 aromatic rings. The van der Waals surface area contributed by atoms with Crippen molar-refractivity contribution in [3.05, 3.63) is 59.9 Å². The number of oxime groups is 1. The summed E-state index contributed by atoms with van der Waals surface area (Å²) in [5.41, 5.74) is 0.665. The molecule has 0 radical (unpaired) electrons. The molecule has 1 spiro atoms. The van der Waals surface area contributed by atoms with Gasteiger partial charge < -0.3 is 15.1 Å². The number of likely N-dealkylation sites (tertiary alicyclic amines) is 1. The molecular formula is C19H18FN5O3. The number of nitrogens with one attached hydrogen (secondary N) is 1. The predicted octanol–water partition coefficient (Wildman–Crippen LogP) is 1.29. The Bertz CT molecular complexity index is 919. The van der Waals surface area contributed by atoms with Crippen LogP contribution >= 0.6 is 0 Å². The number of carbonyl (C=O) groups is 2. The van der Waals surface area contributed by atoms with Crippen LogP contribution in [0.2, 0.25) is 0 Å². The Morgan fingerprint density at radius 2 is 2.07 bits per heavy atom. The summed E-state index contributed by atoms with van der Waals surface area (Å²) in [5.74, 6) is -0.880. The van der Waals surface area contributed by atoms with E-state index in [1.165, 1.54) is 30.7 Å². The van der Waals surface area contributed by atoms with Gasteiger partial charge in [0.15, 0.2) is 5.60 Å². The third kappa shape index (κ3) is 3.68. The normalized spacial score (nSPS) is 20.8. The maximum absolute atomic E-state index is 12.9. The maximum Gasteiger partial charge on any atom is 0.274 e. The average molecular weight is 383 g/mol. The average Bonchev–Trinajstić information content (AvgIpc) is 3.34. The number of aromatic nitrogens is 2. The Balaban J connectivity index is 1.32. The zero-order chi connectivity index (χ0) is 19.6. The smallest absolute Gasteiger partial charge is 0.274 e. The number of rotatable bonds is 4. The molecule has 2 aliphatic heterocycles. The van der Waals surface area contributed by atoms with Crippen molar-refractivity contribution >= 4 is 17.5 Å². The molecule has 1 unspecified atom stereocenters. The summed E-state index contributed by atoms with van der Waals surface area (Å²) in [6.07, 6.45) is 5.31. The van der Waals surface area contributed by atoms with Gasteiger partial charge in [-0.25, -0.2) is 9.37 Å². The zero-order valence-electron chi connectivity index (χ0n) is 15.0. The molecule has 1 atom stereocenters. The molecule has 28 heavy (non-hydrogen) atoms. The van der Waals surface area contributed by atoms with E-state index in [2.05, 4.69) is 20.4 Å². The highest BCUT2D eigenvalue weighted by molar-refractivity contribution is 6.39. The van der Waals surface area contributed by atoms with Crippen LogP contribution in [0.4, 0.5) is 4.39 Å². The van der Waals surface area contributed by atoms with Gasteiger partial charge in [-0.05, 0) is 17.7 Å². The Labute approximate surface area is 160 Å². The van der Waals surface area contributed by atoms with Crippen molar-refractivity contribution < 1.29 is 18.8 Å². The van der Waals surface area contributed by atoms with Crippen molar-refractivity contribution in [2.75, 3.05) is 13.1 Å². The van der Waals surface area contributed by atoms with Gasteiger partial charge in [0.05, 0.1) is 12.7 Å². The zero-order valence-corrected chi connectivity index (χ0v) is 15.0. The highest BCUT2D eigenvalue weighted by Gasteiger charge is 2.48. The molecular weight excluding hydrogens is 365 g/mol. The molecule has 0 aliphatic carbocycles. The summed E-state index contributed by atoms with van der Waals surface area (Å²) >= 11 is 0. The summed E-state index contributed by atoms with van der Waals surface area (Å²) in [4.78, 5) is 40.0. The fraction of sp³-hybridized carbons (Fsp3) is 0.316. The van der Waals surface area contributed by atoms with Gasteiger partial charge >= 0.3 is 0 Å². The minimum atomic E-state index is -0.680. The topological polar surface area (TPSA) is 96.8 Å². The number of hydrogen-bond acceptors (Lipinski definition) is 6. The van der Waals surface area contributed by atoms with E-state index in [1.54, 1.807) is 17.0 Å². The number of hydrogen-bond donors (Lipinski definition) is 1. The summed E-state index contributed by atoms with van der Waals surface area (Å²) < 4.78 is 12.9. The summed E-state index contributed by atoms with van der Waals surface area (Å²) in [6.45, 7) is 1.10. The van der Waals surface area contributed by atoms with E-state index in [-0.39, 0.29) is 35.6 Å². The fourth-order valence-corrected chi connectivity index (χ4v) is 3.34.